The Morgan fingerprint density at radius 3 is 1.62 bits per heavy atom. The number of carbonyl (C=O) groups excluding carboxylic acids is 1. The molecule has 0 bridgehead atoms. The number of aryl methyl sites for hydroxylation is 2. The van der Waals surface area contributed by atoms with Crippen LogP contribution in [0.15, 0.2) is 72.8 Å². The molecule has 0 radical (unpaired) electrons. The molecule has 0 heterocycles. The van der Waals surface area contributed by atoms with E-state index < -0.39 is 0 Å². The molecule has 0 unspecified atom stereocenters. The Labute approximate surface area is 193 Å². The summed E-state index contributed by atoms with van der Waals surface area (Å²) in [5.74, 6) is 0.255. The fourth-order valence-electron chi connectivity index (χ4n) is 3.89. The molecule has 3 aromatic rings. The van der Waals surface area contributed by atoms with Crippen LogP contribution in [0.1, 0.15) is 80.3 Å². The summed E-state index contributed by atoms with van der Waals surface area (Å²) in [7, 11) is 0. The highest BCUT2D eigenvalue weighted by atomic mass is 16.5. The van der Waals surface area contributed by atoms with E-state index in [2.05, 4.69) is 38.1 Å². The van der Waals surface area contributed by atoms with Gasteiger partial charge in [-0.25, -0.2) is 4.79 Å². The van der Waals surface area contributed by atoms with Crippen LogP contribution in [-0.4, -0.2) is 5.97 Å². The van der Waals surface area contributed by atoms with Gasteiger partial charge >= 0.3 is 5.97 Å². The standard InChI is InChI=1S/C30H36O2/c1-3-5-7-9-11-25-14-18-28(19-15-25)30(31)32-29-22-20-27(21-23-29)26-16-12-24(13-17-26)10-8-6-4-2/h12-23H,3-11H2,1-2H3. The van der Waals surface area contributed by atoms with E-state index in [9.17, 15) is 4.79 Å². The highest BCUT2D eigenvalue weighted by Gasteiger charge is 2.09. The molecular weight excluding hydrogens is 392 g/mol. The van der Waals surface area contributed by atoms with Gasteiger partial charge in [-0.2, -0.15) is 0 Å². The topological polar surface area (TPSA) is 26.3 Å². The smallest absolute Gasteiger partial charge is 0.343 e. The van der Waals surface area contributed by atoms with Crippen LogP contribution >= 0.6 is 0 Å². The van der Waals surface area contributed by atoms with E-state index in [1.807, 2.05) is 48.5 Å². The van der Waals surface area contributed by atoms with Gasteiger partial charge in [0.1, 0.15) is 5.75 Å². The van der Waals surface area contributed by atoms with Crippen LogP contribution in [0.25, 0.3) is 11.1 Å². The first-order valence-electron chi connectivity index (χ1n) is 12.2. The first-order valence-corrected chi connectivity index (χ1v) is 12.2. The third-order valence-electron chi connectivity index (χ3n) is 5.93. The van der Waals surface area contributed by atoms with E-state index in [1.165, 1.54) is 61.6 Å². The fraction of sp³-hybridized carbons (Fsp3) is 0.367. The fourth-order valence-corrected chi connectivity index (χ4v) is 3.89. The Balaban J connectivity index is 1.53. The van der Waals surface area contributed by atoms with Crippen LogP contribution in [0, 0.1) is 0 Å². The van der Waals surface area contributed by atoms with Gasteiger partial charge < -0.3 is 4.74 Å². The van der Waals surface area contributed by atoms with E-state index in [0.29, 0.717) is 11.3 Å². The Hall–Kier alpha value is -2.87. The zero-order chi connectivity index (χ0) is 22.6. The molecule has 0 aliphatic rings. The molecule has 168 valence electrons. The molecule has 0 aliphatic carbocycles. The van der Waals surface area contributed by atoms with Crippen LogP contribution < -0.4 is 4.74 Å². The van der Waals surface area contributed by atoms with Gasteiger partial charge in [-0.1, -0.05) is 94.5 Å². The molecule has 0 aliphatic heterocycles. The molecule has 3 aromatic carbocycles. The maximum Gasteiger partial charge on any atom is 0.343 e. The molecule has 2 nitrogen and oxygen atoms in total. The van der Waals surface area contributed by atoms with Gasteiger partial charge in [-0.15, -0.1) is 0 Å². The lowest BCUT2D eigenvalue weighted by atomic mass is 10.0. The average Bonchev–Trinajstić information content (AvgIpc) is 2.83. The van der Waals surface area contributed by atoms with Gasteiger partial charge in [-0.05, 0) is 72.2 Å². The highest BCUT2D eigenvalue weighted by Crippen LogP contribution is 2.24. The third kappa shape index (κ3) is 7.37. The molecule has 0 saturated heterocycles. The number of benzene rings is 3. The van der Waals surface area contributed by atoms with Crippen molar-refractivity contribution < 1.29 is 9.53 Å². The Bertz CT molecular complexity index is 938. The van der Waals surface area contributed by atoms with Crippen molar-refractivity contribution >= 4 is 5.97 Å². The zero-order valence-corrected chi connectivity index (χ0v) is 19.6. The normalized spacial score (nSPS) is 10.8. The van der Waals surface area contributed by atoms with Crippen LogP contribution in [0.4, 0.5) is 0 Å². The van der Waals surface area contributed by atoms with Crippen molar-refractivity contribution in [3.8, 4) is 16.9 Å². The van der Waals surface area contributed by atoms with Crippen LogP contribution in [0.3, 0.4) is 0 Å². The van der Waals surface area contributed by atoms with Gasteiger partial charge in [0.25, 0.3) is 0 Å². The van der Waals surface area contributed by atoms with Crippen molar-refractivity contribution in [1.29, 1.82) is 0 Å². The Morgan fingerprint density at radius 2 is 1.06 bits per heavy atom. The lowest BCUT2D eigenvalue weighted by molar-refractivity contribution is 0.0735. The van der Waals surface area contributed by atoms with Crippen molar-refractivity contribution in [2.45, 2.75) is 71.6 Å². The monoisotopic (exact) mass is 428 g/mol. The van der Waals surface area contributed by atoms with E-state index in [4.69, 9.17) is 4.74 Å². The van der Waals surface area contributed by atoms with E-state index in [1.54, 1.807) is 0 Å². The molecule has 0 aromatic heterocycles. The lowest BCUT2D eigenvalue weighted by Crippen LogP contribution is -2.08. The number of carbonyl (C=O) groups is 1. The number of rotatable bonds is 12. The maximum absolute atomic E-state index is 12.5. The number of unbranched alkanes of at least 4 members (excludes halogenated alkanes) is 5. The van der Waals surface area contributed by atoms with Gasteiger partial charge in [0, 0.05) is 0 Å². The SMILES string of the molecule is CCCCCCc1ccc(C(=O)Oc2ccc(-c3ccc(CCCCC)cc3)cc2)cc1. The van der Waals surface area contributed by atoms with Crippen molar-refractivity contribution in [2.24, 2.45) is 0 Å². The predicted molar refractivity (Wildman–Crippen MR) is 134 cm³/mol. The summed E-state index contributed by atoms with van der Waals surface area (Å²) in [6, 6.07) is 24.3. The minimum atomic E-state index is -0.313. The lowest BCUT2D eigenvalue weighted by Gasteiger charge is -2.08. The van der Waals surface area contributed by atoms with Crippen molar-refractivity contribution in [1.82, 2.24) is 0 Å². The first kappa shape index (κ1) is 23.8. The zero-order valence-electron chi connectivity index (χ0n) is 19.6. The average molecular weight is 429 g/mol. The van der Waals surface area contributed by atoms with Gasteiger partial charge in [-0.3, -0.25) is 0 Å². The summed E-state index contributed by atoms with van der Waals surface area (Å²) in [5, 5.41) is 0. The molecule has 2 heteroatoms. The molecule has 0 fully saturated rings. The molecule has 0 saturated carbocycles. The van der Waals surface area contributed by atoms with Crippen LogP contribution in [-0.2, 0) is 12.8 Å². The van der Waals surface area contributed by atoms with Crippen molar-refractivity contribution in [3.63, 3.8) is 0 Å². The van der Waals surface area contributed by atoms with Crippen LogP contribution in [0.2, 0.25) is 0 Å². The molecule has 0 atom stereocenters. The van der Waals surface area contributed by atoms with E-state index >= 15 is 0 Å². The third-order valence-corrected chi connectivity index (χ3v) is 5.93. The number of esters is 1. The Morgan fingerprint density at radius 1 is 0.594 bits per heavy atom. The highest BCUT2D eigenvalue weighted by molar-refractivity contribution is 5.91. The van der Waals surface area contributed by atoms with E-state index in [-0.39, 0.29) is 5.97 Å². The minimum Gasteiger partial charge on any atom is -0.423 e. The maximum atomic E-state index is 12.5. The number of hydrogen-bond acceptors (Lipinski definition) is 2. The second-order valence-corrected chi connectivity index (χ2v) is 8.58. The van der Waals surface area contributed by atoms with Crippen LogP contribution in [0.5, 0.6) is 5.75 Å². The molecule has 0 N–H and O–H groups in total. The van der Waals surface area contributed by atoms with Crippen molar-refractivity contribution in [3.05, 3.63) is 89.5 Å². The molecule has 0 spiro atoms. The van der Waals surface area contributed by atoms with Crippen molar-refractivity contribution in [2.75, 3.05) is 0 Å². The molecular formula is C30H36O2. The second kappa shape index (κ2) is 12.9. The number of hydrogen-bond donors (Lipinski definition) is 0. The van der Waals surface area contributed by atoms with Gasteiger partial charge in [0.15, 0.2) is 0 Å². The summed E-state index contributed by atoms with van der Waals surface area (Å²) < 4.78 is 5.58. The molecule has 3 rings (SSSR count). The van der Waals surface area contributed by atoms with E-state index in [0.717, 1.165) is 18.4 Å². The Kier molecular flexibility index (Phi) is 9.56. The largest absolute Gasteiger partial charge is 0.423 e. The second-order valence-electron chi connectivity index (χ2n) is 8.58. The van der Waals surface area contributed by atoms with Gasteiger partial charge in [0.05, 0.1) is 5.56 Å². The summed E-state index contributed by atoms with van der Waals surface area (Å²) in [6.07, 6.45) is 11.0. The summed E-state index contributed by atoms with van der Waals surface area (Å²) >= 11 is 0. The first-order chi connectivity index (χ1) is 15.7. The quantitative estimate of drug-likeness (QED) is 0.164. The minimum absolute atomic E-state index is 0.313. The summed E-state index contributed by atoms with van der Waals surface area (Å²) in [4.78, 5) is 12.5. The summed E-state index contributed by atoms with van der Waals surface area (Å²) in [5.41, 5.74) is 5.55. The molecule has 32 heavy (non-hydrogen) atoms. The van der Waals surface area contributed by atoms with Gasteiger partial charge in [0.2, 0.25) is 0 Å². The number of ether oxygens (including phenoxy) is 1. The predicted octanol–water partition coefficient (Wildman–Crippen LogP) is 8.43. The molecule has 0 amide bonds. The summed E-state index contributed by atoms with van der Waals surface area (Å²) in [6.45, 7) is 4.45.